The van der Waals surface area contributed by atoms with Crippen molar-refractivity contribution in [1.29, 1.82) is 0 Å². The van der Waals surface area contributed by atoms with Gasteiger partial charge in [0.2, 0.25) is 0 Å². The van der Waals surface area contributed by atoms with Crippen LogP contribution in [0.25, 0.3) is 6.08 Å². The zero-order chi connectivity index (χ0) is 28.3. The summed E-state index contributed by atoms with van der Waals surface area (Å²) in [5.41, 5.74) is 2.08. The average Bonchev–Trinajstić information content (AvgIpc) is 3.23. The first-order chi connectivity index (χ1) is 19.5. The second-order valence-corrected chi connectivity index (χ2v) is 10.0. The lowest BCUT2D eigenvalue weighted by Crippen LogP contribution is -2.30. The van der Waals surface area contributed by atoms with Gasteiger partial charge >= 0.3 is 0 Å². The van der Waals surface area contributed by atoms with Crippen LogP contribution in [-0.2, 0) is 14.3 Å². The van der Waals surface area contributed by atoms with Crippen LogP contribution in [-0.4, -0.2) is 55.4 Å². The molecule has 1 saturated heterocycles. The lowest BCUT2D eigenvalue weighted by Gasteiger charge is -2.15. The van der Waals surface area contributed by atoms with Gasteiger partial charge in [0.25, 0.3) is 11.8 Å². The maximum Gasteiger partial charge on any atom is 0.266 e. The van der Waals surface area contributed by atoms with E-state index in [1.54, 1.807) is 42.4 Å². The van der Waals surface area contributed by atoms with Gasteiger partial charge in [-0.05, 0) is 73.1 Å². The fourth-order valence-corrected chi connectivity index (χ4v) is 5.15. The van der Waals surface area contributed by atoms with E-state index < -0.39 is 0 Å². The SMILES string of the molecule is CCOc1cc(/C=C2\SC(=Nc3ccccc3)N(CCCOC)C2=O)cc(Cl)c1OCC(=O)Nc1ccccc1. The lowest BCUT2D eigenvalue weighted by atomic mass is 10.1. The van der Waals surface area contributed by atoms with Crippen LogP contribution in [0.4, 0.5) is 11.4 Å². The Morgan fingerprint density at radius 2 is 1.80 bits per heavy atom. The molecule has 8 nitrogen and oxygen atoms in total. The Labute approximate surface area is 243 Å². The summed E-state index contributed by atoms with van der Waals surface area (Å²) in [6.45, 7) is 2.96. The number of hydrogen-bond donors (Lipinski definition) is 1. The average molecular weight is 580 g/mol. The Morgan fingerprint density at radius 1 is 1.07 bits per heavy atom. The van der Waals surface area contributed by atoms with E-state index in [9.17, 15) is 9.59 Å². The normalized spacial score (nSPS) is 15.1. The Kier molecular flexibility index (Phi) is 10.6. The number of nitrogens with zero attached hydrogens (tertiary/aromatic N) is 2. The quantitative estimate of drug-likeness (QED) is 0.197. The van der Waals surface area contributed by atoms with Crippen molar-refractivity contribution in [3.05, 3.63) is 88.3 Å². The molecule has 10 heteroatoms. The molecule has 2 amide bonds. The molecule has 0 spiro atoms. The summed E-state index contributed by atoms with van der Waals surface area (Å²) < 4.78 is 16.7. The Hall–Kier alpha value is -3.79. The predicted molar refractivity (Wildman–Crippen MR) is 160 cm³/mol. The second kappa shape index (κ2) is 14.6. The molecular formula is C30H30ClN3O5S. The number of amides is 2. The molecule has 1 aliphatic rings. The van der Waals surface area contributed by atoms with E-state index in [0.29, 0.717) is 53.3 Å². The van der Waals surface area contributed by atoms with E-state index in [4.69, 9.17) is 30.8 Å². The van der Waals surface area contributed by atoms with Gasteiger partial charge in [0.1, 0.15) is 0 Å². The summed E-state index contributed by atoms with van der Waals surface area (Å²) in [5, 5.41) is 3.63. The molecule has 0 bridgehead atoms. The first kappa shape index (κ1) is 29.2. The summed E-state index contributed by atoms with van der Waals surface area (Å²) in [4.78, 5) is 32.6. The molecule has 0 radical (unpaired) electrons. The molecule has 0 saturated carbocycles. The van der Waals surface area contributed by atoms with E-state index in [-0.39, 0.29) is 29.2 Å². The number of anilines is 1. The molecule has 0 aliphatic carbocycles. The van der Waals surface area contributed by atoms with Gasteiger partial charge in [0.15, 0.2) is 23.3 Å². The number of hydrogen-bond acceptors (Lipinski definition) is 7. The maximum absolute atomic E-state index is 13.4. The van der Waals surface area contributed by atoms with Crippen LogP contribution in [0, 0.1) is 0 Å². The predicted octanol–water partition coefficient (Wildman–Crippen LogP) is 6.40. The van der Waals surface area contributed by atoms with E-state index in [0.717, 1.165) is 5.69 Å². The van der Waals surface area contributed by atoms with Crippen LogP contribution in [0.1, 0.15) is 18.9 Å². The topological polar surface area (TPSA) is 89.5 Å². The minimum Gasteiger partial charge on any atom is -0.490 e. The molecule has 3 aromatic rings. The molecular weight excluding hydrogens is 550 g/mol. The zero-order valence-electron chi connectivity index (χ0n) is 22.3. The fourth-order valence-electron chi connectivity index (χ4n) is 3.85. The molecule has 1 heterocycles. The number of carbonyl (C=O) groups is 2. The number of ether oxygens (including phenoxy) is 3. The number of amidine groups is 1. The Balaban J connectivity index is 1.55. The highest BCUT2D eigenvalue weighted by Gasteiger charge is 2.33. The molecule has 40 heavy (non-hydrogen) atoms. The molecule has 0 unspecified atom stereocenters. The van der Waals surface area contributed by atoms with E-state index in [1.807, 2.05) is 55.5 Å². The smallest absolute Gasteiger partial charge is 0.266 e. The number of rotatable bonds is 12. The third kappa shape index (κ3) is 7.88. The second-order valence-electron chi connectivity index (χ2n) is 8.61. The standard InChI is InChI=1S/C30H30ClN3O5S/c1-3-38-25-18-21(17-24(31)28(25)39-20-27(35)32-22-11-6-4-7-12-22)19-26-29(36)34(15-10-16-37-2)30(40-26)33-23-13-8-5-9-14-23/h4-9,11-14,17-19H,3,10,15-16,20H2,1-2H3,(H,32,35)/b26-19-,33-30?. The van der Waals surface area contributed by atoms with Crippen molar-refractivity contribution in [3.8, 4) is 11.5 Å². The highest BCUT2D eigenvalue weighted by molar-refractivity contribution is 8.18. The van der Waals surface area contributed by atoms with Crippen molar-refractivity contribution in [1.82, 2.24) is 4.90 Å². The number of halogens is 1. The minimum absolute atomic E-state index is 0.150. The van der Waals surface area contributed by atoms with Crippen molar-refractivity contribution >= 4 is 57.8 Å². The number of methoxy groups -OCH3 is 1. The molecule has 0 aromatic heterocycles. The Morgan fingerprint density at radius 3 is 2.50 bits per heavy atom. The summed E-state index contributed by atoms with van der Waals surface area (Å²) >= 11 is 7.88. The third-order valence-electron chi connectivity index (χ3n) is 5.63. The molecule has 4 rings (SSSR count). The summed E-state index contributed by atoms with van der Waals surface area (Å²) in [7, 11) is 1.63. The van der Waals surface area contributed by atoms with Crippen molar-refractivity contribution < 1.29 is 23.8 Å². The summed E-state index contributed by atoms with van der Waals surface area (Å²) in [5.74, 6) is 0.150. The van der Waals surface area contributed by atoms with Crippen molar-refractivity contribution in [3.63, 3.8) is 0 Å². The number of thioether (sulfide) groups is 1. The van der Waals surface area contributed by atoms with Gasteiger partial charge in [0, 0.05) is 25.9 Å². The van der Waals surface area contributed by atoms with Crippen molar-refractivity contribution in [2.45, 2.75) is 13.3 Å². The van der Waals surface area contributed by atoms with Crippen molar-refractivity contribution in [2.24, 2.45) is 4.99 Å². The fraction of sp³-hybridized carbons (Fsp3) is 0.233. The first-order valence-electron chi connectivity index (χ1n) is 12.8. The summed E-state index contributed by atoms with van der Waals surface area (Å²) in [6.07, 6.45) is 2.43. The molecule has 0 atom stereocenters. The van der Waals surface area contributed by atoms with Gasteiger partial charge in [-0.2, -0.15) is 0 Å². The van der Waals surface area contributed by atoms with Crippen LogP contribution in [0.3, 0.4) is 0 Å². The number of carbonyl (C=O) groups excluding carboxylic acids is 2. The number of para-hydroxylation sites is 2. The van der Waals surface area contributed by atoms with Crippen LogP contribution in [0.2, 0.25) is 5.02 Å². The molecule has 1 fully saturated rings. The van der Waals surface area contributed by atoms with Crippen LogP contribution < -0.4 is 14.8 Å². The van der Waals surface area contributed by atoms with E-state index >= 15 is 0 Å². The summed E-state index contributed by atoms with van der Waals surface area (Å²) in [6, 6.07) is 22.0. The van der Waals surface area contributed by atoms with Gasteiger partial charge in [-0.25, -0.2) is 4.99 Å². The van der Waals surface area contributed by atoms with Gasteiger partial charge in [-0.15, -0.1) is 0 Å². The monoisotopic (exact) mass is 579 g/mol. The van der Waals surface area contributed by atoms with Gasteiger partial charge in [0.05, 0.1) is 22.2 Å². The molecule has 208 valence electrons. The number of nitrogens with one attached hydrogen (secondary N) is 1. The highest BCUT2D eigenvalue weighted by Crippen LogP contribution is 2.39. The number of benzene rings is 3. The molecule has 1 N–H and O–H groups in total. The minimum atomic E-state index is -0.331. The lowest BCUT2D eigenvalue weighted by molar-refractivity contribution is -0.122. The zero-order valence-corrected chi connectivity index (χ0v) is 23.8. The van der Waals surface area contributed by atoms with E-state index in [2.05, 4.69) is 5.32 Å². The van der Waals surface area contributed by atoms with Gasteiger partial charge < -0.3 is 19.5 Å². The largest absolute Gasteiger partial charge is 0.490 e. The Bertz CT molecular complexity index is 1380. The molecule has 3 aromatic carbocycles. The maximum atomic E-state index is 13.4. The van der Waals surface area contributed by atoms with Crippen LogP contribution >= 0.6 is 23.4 Å². The number of aliphatic imine (C=N–C) groups is 1. The highest BCUT2D eigenvalue weighted by atomic mass is 35.5. The van der Waals surface area contributed by atoms with Crippen LogP contribution in [0.5, 0.6) is 11.5 Å². The third-order valence-corrected chi connectivity index (χ3v) is 6.92. The van der Waals surface area contributed by atoms with E-state index in [1.165, 1.54) is 11.8 Å². The molecule has 1 aliphatic heterocycles. The van der Waals surface area contributed by atoms with Gasteiger partial charge in [-0.1, -0.05) is 48.0 Å². The van der Waals surface area contributed by atoms with Crippen molar-refractivity contribution in [2.75, 3.05) is 38.8 Å². The van der Waals surface area contributed by atoms with Crippen LogP contribution in [0.15, 0.2) is 82.7 Å². The van der Waals surface area contributed by atoms with Gasteiger partial charge in [-0.3, -0.25) is 14.5 Å². The first-order valence-corrected chi connectivity index (χ1v) is 14.0.